The summed E-state index contributed by atoms with van der Waals surface area (Å²) < 4.78 is 4.60. The van der Waals surface area contributed by atoms with Crippen LogP contribution in [0.3, 0.4) is 0 Å². The van der Waals surface area contributed by atoms with Gasteiger partial charge in [0, 0.05) is 31.0 Å². The molecule has 0 bridgehead atoms. The first kappa shape index (κ1) is 22.4. The number of likely N-dealkylation sites (tertiary alicyclic amines) is 1. The second-order valence-electron chi connectivity index (χ2n) is 8.89. The molecule has 0 aromatic rings. The van der Waals surface area contributed by atoms with Crippen LogP contribution in [-0.2, 0) is 19.1 Å². The molecule has 0 aromatic carbocycles. The van der Waals surface area contributed by atoms with Crippen molar-refractivity contribution in [3.05, 3.63) is 24.3 Å². The molecule has 4 rings (SSSR count). The van der Waals surface area contributed by atoms with E-state index in [9.17, 15) is 19.5 Å². The Hall–Kier alpha value is -1.80. The number of aliphatic hydroxyl groups excluding tert-OH is 1. The van der Waals surface area contributed by atoms with Gasteiger partial charge in [0.25, 0.3) is 0 Å². The van der Waals surface area contributed by atoms with E-state index in [0.717, 1.165) is 12.8 Å². The monoisotopic (exact) mass is 448 g/mol. The Labute approximate surface area is 187 Å². The number of thioether (sulfide) groups is 1. The second-order valence-corrected chi connectivity index (χ2v) is 10.4. The normalized spacial score (nSPS) is 35.4. The molecule has 2 unspecified atom stereocenters. The number of fused-ring (bicyclic) bond motifs is 2. The molecule has 0 aliphatic carbocycles. The van der Waals surface area contributed by atoms with Gasteiger partial charge in [-0.05, 0) is 26.2 Å². The number of cyclic esters (lactones) is 1. The first-order chi connectivity index (χ1) is 15.0. The zero-order valence-corrected chi connectivity index (χ0v) is 19.1. The number of ether oxygens (including phenoxy) is 1. The van der Waals surface area contributed by atoms with Crippen molar-refractivity contribution in [3.63, 3.8) is 0 Å². The zero-order chi connectivity index (χ0) is 22.2. The van der Waals surface area contributed by atoms with Crippen LogP contribution >= 0.6 is 11.8 Å². The Morgan fingerprint density at radius 2 is 2.06 bits per heavy atom. The Bertz CT molecular complexity index is 799. The molecule has 0 aromatic heterocycles. The number of hydrogen-bond donors (Lipinski definition) is 1. The molecule has 2 amide bonds. The van der Waals surface area contributed by atoms with Gasteiger partial charge in [-0.2, -0.15) is 0 Å². The number of aliphatic hydroxyl groups is 1. The minimum absolute atomic E-state index is 0.0351. The average Bonchev–Trinajstić information content (AvgIpc) is 3.03. The fourth-order valence-electron chi connectivity index (χ4n) is 5.59. The van der Waals surface area contributed by atoms with Crippen LogP contribution in [0, 0.1) is 11.8 Å². The van der Waals surface area contributed by atoms with Crippen molar-refractivity contribution in [1.29, 1.82) is 0 Å². The minimum Gasteiger partial charge on any atom is -0.461 e. The molecule has 4 aliphatic heterocycles. The van der Waals surface area contributed by atoms with Crippen molar-refractivity contribution in [2.45, 2.75) is 61.6 Å². The third kappa shape index (κ3) is 3.61. The number of amides is 2. The number of carbonyl (C=O) groups is 3. The lowest BCUT2D eigenvalue weighted by atomic mass is 9.78. The number of esters is 1. The summed E-state index contributed by atoms with van der Waals surface area (Å²) in [5.41, 5.74) is 0. The molecule has 4 heterocycles. The van der Waals surface area contributed by atoms with Crippen LogP contribution in [0.15, 0.2) is 24.3 Å². The third-order valence-electron chi connectivity index (χ3n) is 6.99. The van der Waals surface area contributed by atoms with E-state index >= 15 is 0 Å². The van der Waals surface area contributed by atoms with Gasteiger partial charge in [0.2, 0.25) is 11.8 Å². The molecule has 2 saturated heterocycles. The number of rotatable bonds is 7. The van der Waals surface area contributed by atoms with Crippen LogP contribution in [0.5, 0.6) is 0 Å². The Morgan fingerprint density at radius 1 is 1.26 bits per heavy atom. The van der Waals surface area contributed by atoms with Crippen molar-refractivity contribution in [2.24, 2.45) is 11.8 Å². The quantitative estimate of drug-likeness (QED) is 0.363. The van der Waals surface area contributed by atoms with Crippen LogP contribution in [0.1, 0.15) is 39.5 Å². The first-order valence-electron chi connectivity index (χ1n) is 11.4. The van der Waals surface area contributed by atoms with Crippen molar-refractivity contribution in [2.75, 3.05) is 26.3 Å². The van der Waals surface area contributed by atoms with Gasteiger partial charge in [0.1, 0.15) is 12.6 Å². The Morgan fingerprint density at radius 3 is 2.81 bits per heavy atom. The summed E-state index contributed by atoms with van der Waals surface area (Å²) in [4.78, 5) is 44.1. The maximum atomic E-state index is 13.9. The Balaban J connectivity index is 1.76. The van der Waals surface area contributed by atoms with Crippen molar-refractivity contribution >= 4 is 29.5 Å². The molecular formula is C23H32N2O5S. The van der Waals surface area contributed by atoms with Gasteiger partial charge in [-0.25, -0.2) is 0 Å². The maximum absolute atomic E-state index is 13.9. The Kier molecular flexibility index (Phi) is 6.49. The van der Waals surface area contributed by atoms with E-state index < -0.39 is 22.6 Å². The highest BCUT2D eigenvalue weighted by Gasteiger charge is 2.71. The van der Waals surface area contributed by atoms with Crippen molar-refractivity contribution in [1.82, 2.24) is 9.80 Å². The van der Waals surface area contributed by atoms with Gasteiger partial charge in [-0.1, -0.05) is 37.6 Å². The lowest BCUT2D eigenvalue weighted by Crippen LogP contribution is -2.55. The molecule has 1 N–H and O–H groups in total. The van der Waals surface area contributed by atoms with Crippen LogP contribution in [0.4, 0.5) is 0 Å². The van der Waals surface area contributed by atoms with Gasteiger partial charge in [0.05, 0.1) is 16.6 Å². The highest BCUT2D eigenvalue weighted by atomic mass is 32.2. The molecule has 0 saturated carbocycles. The summed E-state index contributed by atoms with van der Waals surface area (Å²) in [7, 11) is 0. The largest absolute Gasteiger partial charge is 0.461 e. The third-order valence-corrected chi connectivity index (χ3v) is 8.73. The molecule has 170 valence electrons. The van der Waals surface area contributed by atoms with Gasteiger partial charge in [0.15, 0.2) is 0 Å². The summed E-state index contributed by atoms with van der Waals surface area (Å²) in [5, 5.41) is 9.05. The van der Waals surface area contributed by atoms with Crippen LogP contribution < -0.4 is 0 Å². The molecule has 1 spiro atoms. The van der Waals surface area contributed by atoms with E-state index in [1.807, 2.05) is 29.2 Å². The molecular weight excluding hydrogens is 416 g/mol. The number of hydrogen-bond acceptors (Lipinski definition) is 6. The molecule has 6 atom stereocenters. The predicted molar refractivity (Wildman–Crippen MR) is 118 cm³/mol. The van der Waals surface area contributed by atoms with Gasteiger partial charge < -0.3 is 19.6 Å². The molecule has 31 heavy (non-hydrogen) atoms. The van der Waals surface area contributed by atoms with Gasteiger partial charge in [-0.3, -0.25) is 14.4 Å². The maximum Gasteiger partial charge on any atom is 0.311 e. The molecule has 4 aliphatic rings. The van der Waals surface area contributed by atoms with E-state index in [4.69, 9.17) is 4.74 Å². The summed E-state index contributed by atoms with van der Waals surface area (Å²) in [5.74, 6) is -1.72. The number of nitrogens with zero attached hydrogens (tertiary/aromatic N) is 2. The van der Waals surface area contributed by atoms with E-state index in [1.54, 1.807) is 16.7 Å². The predicted octanol–water partition coefficient (Wildman–Crippen LogP) is 1.76. The highest BCUT2D eigenvalue weighted by Crippen LogP contribution is 2.60. The highest BCUT2D eigenvalue weighted by molar-refractivity contribution is 8.02. The van der Waals surface area contributed by atoms with E-state index in [2.05, 4.69) is 13.8 Å². The lowest BCUT2D eigenvalue weighted by molar-refractivity contribution is -0.151. The van der Waals surface area contributed by atoms with Crippen molar-refractivity contribution in [3.8, 4) is 0 Å². The fraction of sp³-hybridized carbons (Fsp3) is 0.696. The van der Waals surface area contributed by atoms with Gasteiger partial charge >= 0.3 is 5.97 Å². The lowest BCUT2D eigenvalue weighted by Gasteiger charge is -2.37. The zero-order valence-electron chi connectivity index (χ0n) is 18.2. The topological polar surface area (TPSA) is 87.2 Å². The van der Waals surface area contributed by atoms with E-state index in [-0.39, 0.29) is 42.3 Å². The van der Waals surface area contributed by atoms with Crippen LogP contribution in [0.2, 0.25) is 0 Å². The van der Waals surface area contributed by atoms with E-state index in [1.165, 1.54) is 0 Å². The second kappa shape index (κ2) is 8.98. The van der Waals surface area contributed by atoms with Crippen LogP contribution in [-0.4, -0.2) is 81.1 Å². The molecule has 7 nitrogen and oxygen atoms in total. The number of unbranched alkanes of at least 4 members (excludes halogenated alkanes) is 1. The van der Waals surface area contributed by atoms with Crippen molar-refractivity contribution < 1.29 is 24.2 Å². The first-order valence-corrected chi connectivity index (χ1v) is 12.2. The van der Waals surface area contributed by atoms with Gasteiger partial charge in [-0.15, -0.1) is 11.8 Å². The SMILES string of the molecule is CCCC(C)N1CC=C[C@]23S[C@H]4C=CCOC(=O)[C@H]4[C@H]2C(=O)N(CCCCO)C3C1=O. The standard InChI is InChI=1S/C23H32N2O5S/c1-3-8-15(2)24-12-7-10-23-18(17-16(31-23)9-6-14-30-22(17)29)20(27)25(11-4-5-13-26)19(23)21(24)28/h6-7,9-10,15-19,26H,3-5,8,11-14H2,1-2H3/t15?,16-,17+,18-,19?,23-/m0/s1. The van der Waals surface area contributed by atoms with E-state index in [0.29, 0.717) is 25.9 Å². The molecule has 8 heteroatoms. The average molecular weight is 449 g/mol. The number of carbonyl (C=O) groups excluding carboxylic acids is 3. The smallest absolute Gasteiger partial charge is 0.311 e. The summed E-state index contributed by atoms with van der Waals surface area (Å²) >= 11 is 1.57. The summed E-state index contributed by atoms with van der Waals surface area (Å²) in [6.07, 6.45) is 10.9. The summed E-state index contributed by atoms with van der Waals surface area (Å²) in [6, 6.07) is -0.563. The summed E-state index contributed by atoms with van der Waals surface area (Å²) in [6.45, 7) is 5.35. The minimum atomic E-state index is -0.774. The molecule has 2 fully saturated rings. The fourth-order valence-corrected chi connectivity index (χ4v) is 7.59. The molecule has 0 radical (unpaired) electrons. The van der Waals surface area contributed by atoms with Crippen LogP contribution in [0.25, 0.3) is 0 Å².